The van der Waals surface area contributed by atoms with Gasteiger partial charge in [-0.3, -0.25) is 4.90 Å². The fraction of sp³-hybridized carbons (Fsp3) is 0.500. The maximum atomic E-state index is 12.9. The molecule has 0 unspecified atom stereocenters. The standard InChI is InChI=1S/C14H15BrF3N3/c15-12-8-10(7-11(9-12)14(16,17)18)13(1-2-19)21-5-3-20-4-6-21/h7-9,13,20H,1,3-6H2/t13-/m1/s1. The molecule has 21 heavy (non-hydrogen) atoms. The molecule has 0 bridgehead atoms. The van der Waals surface area contributed by atoms with Crippen LogP contribution >= 0.6 is 15.9 Å². The van der Waals surface area contributed by atoms with Crippen LogP contribution in [0.4, 0.5) is 13.2 Å². The lowest BCUT2D eigenvalue weighted by Gasteiger charge is -2.34. The number of nitriles is 1. The average molecular weight is 362 g/mol. The normalized spacial score (nSPS) is 18.2. The first-order valence-corrected chi connectivity index (χ1v) is 7.40. The van der Waals surface area contributed by atoms with Crippen LogP contribution in [0.1, 0.15) is 23.6 Å². The monoisotopic (exact) mass is 361 g/mol. The van der Waals surface area contributed by atoms with Gasteiger partial charge >= 0.3 is 6.18 Å². The van der Waals surface area contributed by atoms with Gasteiger partial charge in [-0.2, -0.15) is 18.4 Å². The zero-order valence-corrected chi connectivity index (χ0v) is 12.8. The van der Waals surface area contributed by atoms with Gasteiger partial charge in [0.2, 0.25) is 0 Å². The third-order valence-electron chi connectivity index (χ3n) is 3.51. The maximum Gasteiger partial charge on any atom is 0.416 e. The third-order valence-corrected chi connectivity index (χ3v) is 3.97. The van der Waals surface area contributed by atoms with Gasteiger partial charge in [-0.15, -0.1) is 0 Å². The molecule has 1 heterocycles. The van der Waals surface area contributed by atoms with Crippen LogP contribution in [0, 0.1) is 11.3 Å². The Bertz CT molecular complexity index is 533. The van der Waals surface area contributed by atoms with E-state index in [9.17, 15) is 13.2 Å². The van der Waals surface area contributed by atoms with E-state index in [1.807, 2.05) is 0 Å². The van der Waals surface area contributed by atoms with Crippen LogP contribution in [0.15, 0.2) is 22.7 Å². The maximum absolute atomic E-state index is 12.9. The summed E-state index contributed by atoms with van der Waals surface area (Å²) < 4.78 is 39.2. The molecule has 0 aliphatic carbocycles. The fourth-order valence-corrected chi connectivity index (χ4v) is 3.02. The van der Waals surface area contributed by atoms with Gasteiger partial charge in [-0.25, -0.2) is 0 Å². The molecule has 0 spiro atoms. The van der Waals surface area contributed by atoms with E-state index in [0.29, 0.717) is 10.0 Å². The van der Waals surface area contributed by atoms with Crippen LogP contribution in [-0.4, -0.2) is 31.1 Å². The molecule has 0 saturated carbocycles. The van der Waals surface area contributed by atoms with Crippen molar-refractivity contribution in [3.05, 3.63) is 33.8 Å². The molecule has 114 valence electrons. The van der Waals surface area contributed by atoms with E-state index >= 15 is 0 Å². The Labute approximate surface area is 129 Å². The summed E-state index contributed by atoms with van der Waals surface area (Å²) in [5, 5.41) is 12.2. The number of alkyl halides is 3. The van der Waals surface area contributed by atoms with Gasteiger partial charge in [-0.1, -0.05) is 15.9 Å². The number of piperazine rings is 1. The highest BCUT2D eigenvalue weighted by molar-refractivity contribution is 9.10. The fourth-order valence-electron chi connectivity index (χ4n) is 2.51. The Morgan fingerprint density at radius 1 is 1.29 bits per heavy atom. The van der Waals surface area contributed by atoms with E-state index < -0.39 is 11.7 Å². The Morgan fingerprint density at radius 3 is 2.52 bits per heavy atom. The molecule has 0 aromatic heterocycles. The lowest BCUT2D eigenvalue weighted by molar-refractivity contribution is -0.137. The first kappa shape index (κ1) is 16.3. The van der Waals surface area contributed by atoms with Crippen LogP contribution in [0.2, 0.25) is 0 Å². The smallest absolute Gasteiger partial charge is 0.314 e. The SMILES string of the molecule is N#CC[C@H](c1cc(Br)cc(C(F)(F)F)c1)N1CCNCC1. The minimum Gasteiger partial charge on any atom is -0.314 e. The van der Waals surface area contributed by atoms with E-state index in [1.165, 1.54) is 0 Å². The zero-order valence-electron chi connectivity index (χ0n) is 11.3. The summed E-state index contributed by atoms with van der Waals surface area (Å²) in [6.45, 7) is 3.00. The van der Waals surface area contributed by atoms with Gasteiger partial charge in [-0.05, 0) is 23.8 Å². The van der Waals surface area contributed by atoms with Crippen molar-refractivity contribution in [2.24, 2.45) is 0 Å². The van der Waals surface area contributed by atoms with Crippen molar-refractivity contribution in [1.82, 2.24) is 10.2 Å². The molecule has 1 aliphatic heterocycles. The summed E-state index contributed by atoms with van der Waals surface area (Å²) in [5.74, 6) is 0. The van der Waals surface area contributed by atoms with Crippen molar-refractivity contribution in [3.8, 4) is 6.07 Å². The predicted molar refractivity (Wildman–Crippen MR) is 76.6 cm³/mol. The van der Waals surface area contributed by atoms with Crippen molar-refractivity contribution < 1.29 is 13.2 Å². The summed E-state index contributed by atoms with van der Waals surface area (Å²) in [4.78, 5) is 2.06. The molecular formula is C14H15BrF3N3. The highest BCUT2D eigenvalue weighted by Gasteiger charge is 2.32. The topological polar surface area (TPSA) is 39.1 Å². The largest absolute Gasteiger partial charge is 0.416 e. The van der Waals surface area contributed by atoms with Crippen molar-refractivity contribution in [2.45, 2.75) is 18.6 Å². The Kier molecular flexibility index (Phi) is 5.25. The summed E-state index contributed by atoms with van der Waals surface area (Å²) in [6, 6.07) is 5.65. The van der Waals surface area contributed by atoms with E-state index in [2.05, 4.69) is 32.2 Å². The number of halogens is 4. The van der Waals surface area contributed by atoms with Gasteiger partial charge in [0.05, 0.1) is 18.1 Å². The van der Waals surface area contributed by atoms with E-state index in [-0.39, 0.29) is 12.5 Å². The van der Waals surface area contributed by atoms with Crippen molar-refractivity contribution in [2.75, 3.05) is 26.2 Å². The predicted octanol–water partition coefficient (Wildman–Crippen LogP) is 3.33. The second kappa shape index (κ2) is 6.77. The van der Waals surface area contributed by atoms with Crippen LogP contribution in [0.25, 0.3) is 0 Å². The number of rotatable bonds is 3. The molecule has 1 aliphatic rings. The average Bonchev–Trinajstić information content (AvgIpc) is 2.44. The quantitative estimate of drug-likeness (QED) is 0.897. The minimum atomic E-state index is -4.39. The zero-order chi connectivity index (χ0) is 15.5. The Hall–Kier alpha value is -1.10. The molecule has 0 amide bonds. The van der Waals surface area contributed by atoms with Gasteiger partial charge in [0.15, 0.2) is 0 Å². The van der Waals surface area contributed by atoms with E-state index in [4.69, 9.17) is 5.26 Å². The Morgan fingerprint density at radius 2 is 1.95 bits per heavy atom. The summed E-state index contributed by atoms with van der Waals surface area (Å²) in [7, 11) is 0. The number of hydrogen-bond donors (Lipinski definition) is 1. The molecule has 3 nitrogen and oxygen atoms in total. The molecule has 1 saturated heterocycles. The van der Waals surface area contributed by atoms with Crippen LogP contribution in [0.3, 0.4) is 0 Å². The van der Waals surface area contributed by atoms with Gasteiger partial charge < -0.3 is 5.32 Å². The molecule has 1 aromatic carbocycles. The lowest BCUT2D eigenvalue weighted by Crippen LogP contribution is -2.45. The molecule has 1 fully saturated rings. The molecule has 2 rings (SSSR count). The van der Waals surface area contributed by atoms with Crippen LogP contribution < -0.4 is 5.32 Å². The first-order valence-electron chi connectivity index (χ1n) is 6.61. The molecular weight excluding hydrogens is 347 g/mol. The number of hydrogen-bond acceptors (Lipinski definition) is 3. The van der Waals surface area contributed by atoms with Gasteiger partial charge in [0.25, 0.3) is 0 Å². The van der Waals surface area contributed by atoms with Gasteiger partial charge in [0.1, 0.15) is 0 Å². The van der Waals surface area contributed by atoms with E-state index in [0.717, 1.165) is 38.3 Å². The molecule has 1 N–H and O–H groups in total. The van der Waals surface area contributed by atoms with Gasteiger partial charge in [0, 0.05) is 36.7 Å². The number of benzene rings is 1. The van der Waals surface area contributed by atoms with Crippen molar-refractivity contribution in [1.29, 1.82) is 5.26 Å². The lowest BCUT2D eigenvalue weighted by atomic mass is 9.99. The second-order valence-electron chi connectivity index (χ2n) is 4.94. The first-order chi connectivity index (χ1) is 9.91. The van der Waals surface area contributed by atoms with Crippen molar-refractivity contribution >= 4 is 15.9 Å². The van der Waals surface area contributed by atoms with Crippen molar-refractivity contribution in [3.63, 3.8) is 0 Å². The second-order valence-corrected chi connectivity index (χ2v) is 5.85. The molecule has 7 heteroatoms. The third kappa shape index (κ3) is 4.19. The minimum absolute atomic E-state index is 0.174. The number of nitrogens with one attached hydrogen (secondary N) is 1. The highest BCUT2D eigenvalue weighted by Crippen LogP contribution is 2.35. The highest BCUT2D eigenvalue weighted by atomic mass is 79.9. The summed E-state index contributed by atoms with van der Waals surface area (Å²) in [6.07, 6.45) is -4.22. The summed E-state index contributed by atoms with van der Waals surface area (Å²) in [5.41, 5.74) is -0.162. The molecule has 1 atom stereocenters. The number of nitrogens with zero attached hydrogens (tertiary/aromatic N) is 2. The molecule has 0 radical (unpaired) electrons. The van der Waals surface area contributed by atoms with Crippen LogP contribution in [0.5, 0.6) is 0 Å². The molecule has 1 aromatic rings. The van der Waals surface area contributed by atoms with E-state index in [1.54, 1.807) is 6.07 Å². The van der Waals surface area contributed by atoms with Crippen LogP contribution in [-0.2, 0) is 6.18 Å². The summed E-state index contributed by atoms with van der Waals surface area (Å²) >= 11 is 3.14. The Balaban J connectivity index is 2.35.